The number of carbonyl (C=O) groups is 1. The van der Waals surface area contributed by atoms with Crippen LogP contribution >= 0.6 is 34.8 Å². The molecule has 1 fully saturated rings. The molecule has 0 saturated carbocycles. The molecule has 1 aliphatic heterocycles. The van der Waals surface area contributed by atoms with Crippen molar-refractivity contribution in [1.82, 2.24) is 5.32 Å². The molecule has 1 aliphatic rings. The van der Waals surface area contributed by atoms with Gasteiger partial charge in [-0.05, 0) is 25.8 Å². The van der Waals surface area contributed by atoms with Crippen LogP contribution in [0.1, 0.15) is 25.7 Å². The lowest BCUT2D eigenvalue weighted by atomic mass is 10.0. The van der Waals surface area contributed by atoms with Gasteiger partial charge >= 0.3 is 5.97 Å². The Morgan fingerprint density at radius 3 is 2.67 bits per heavy atom. The van der Waals surface area contributed by atoms with Crippen molar-refractivity contribution in [2.45, 2.75) is 35.5 Å². The molecule has 0 aromatic rings. The molecule has 0 radical (unpaired) electrons. The summed E-state index contributed by atoms with van der Waals surface area (Å²) in [6.45, 7) is 1.33. The van der Waals surface area contributed by atoms with Crippen molar-refractivity contribution in [3.05, 3.63) is 0 Å². The Morgan fingerprint density at radius 2 is 2.13 bits per heavy atom. The van der Waals surface area contributed by atoms with Gasteiger partial charge < -0.3 is 10.1 Å². The molecule has 88 valence electrons. The van der Waals surface area contributed by atoms with Crippen LogP contribution in [0.15, 0.2) is 0 Å². The first-order valence-corrected chi connectivity index (χ1v) is 6.11. The van der Waals surface area contributed by atoms with E-state index in [1.807, 2.05) is 0 Å². The summed E-state index contributed by atoms with van der Waals surface area (Å²) in [5.41, 5.74) is 0. The molecule has 6 heteroatoms. The summed E-state index contributed by atoms with van der Waals surface area (Å²) in [6.07, 6.45) is 4.32. The van der Waals surface area contributed by atoms with Gasteiger partial charge in [-0.25, -0.2) is 4.79 Å². The van der Waals surface area contributed by atoms with Crippen LogP contribution in [0.25, 0.3) is 0 Å². The van der Waals surface area contributed by atoms with Gasteiger partial charge in [0.05, 0.1) is 6.61 Å². The van der Waals surface area contributed by atoms with Crippen LogP contribution in [0.5, 0.6) is 0 Å². The van der Waals surface area contributed by atoms with E-state index in [4.69, 9.17) is 39.5 Å². The average molecular weight is 275 g/mol. The molecular formula is C9H14Cl3NO2. The normalized spacial score (nSPS) is 22.5. The number of carbonyl (C=O) groups excluding carboxylic acids is 1. The second kappa shape index (κ2) is 6.14. The molecule has 1 atom stereocenters. The Bertz CT molecular complexity index is 212. The van der Waals surface area contributed by atoms with Crippen molar-refractivity contribution >= 4 is 40.8 Å². The molecule has 0 amide bonds. The Hall–Kier alpha value is 0.300. The molecule has 0 aromatic carbocycles. The predicted octanol–water partition coefficient (Wildman–Crippen LogP) is 2.43. The van der Waals surface area contributed by atoms with Gasteiger partial charge in [-0.1, -0.05) is 41.2 Å². The lowest BCUT2D eigenvalue weighted by Crippen LogP contribution is -2.35. The van der Waals surface area contributed by atoms with Gasteiger partial charge in [0.15, 0.2) is 0 Å². The number of esters is 1. The summed E-state index contributed by atoms with van der Waals surface area (Å²) in [5, 5.41) is 3.34. The predicted molar refractivity (Wildman–Crippen MR) is 61.5 cm³/mol. The summed E-state index contributed by atoms with van der Waals surface area (Å²) < 4.78 is 2.88. The minimum Gasteiger partial charge on any atom is -0.462 e. The standard InChI is InChI=1S/C9H14Cl3NO2/c10-9(11,12)8(14)15-6-4-7-3-1-2-5-13-7/h7,13H,1-6H2/t7-/m0/s1. The first kappa shape index (κ1) is 13.4. The van der Waals surface area contributed by atoms with Crippen LogP contribution in [0.3, 0.4) is 0 Å². The minimum atomic E-state index is -1.96. The topological polar surface area (TPSA) is 38.3 Å². The van der Waals surface area contributed by atoms with Gasteiger partial charge in [0, 0.05) is 6.04 Å². The van der Waals surface area contributed by atoms with E-state index in [0.29, 0.717) is 12.6 Å². The highest BCUT2D eigenvalue weighted by Crippen LogP contribution is 2.27. The Kier molecular flexibility index (Phi) is 5.47. The highest BCUT2D eigenvalue weighted by atomic mass is 35.6. The smallest absolute Gasteiger partial charge is 0.358 e. The lowest BCUT2D eigenvalue weighted by molar-refractivity contribution is -0.142. The molecule has 1 rings (SSSR count). The summed E-state index contributed by atoms with van der Waals surface area (Å²) in [6, 6.07) is 0.418. The average Bonchev–Trinajstić information content (AvgIpc) is 2.18. The lowest BCUT2D eigenvalue weighted by Gasteiger charge is -2.23. The first-order valence-electron chi connectivity index (χ1n) is 4.97. The van der Waals surface area contributed by atoms with Gasteiger partial charge in [-0.3, -0.25) is 0 Å². The molecule has 0 aliphatic carbocycles. The Balaban J connectivity index is 2.12. The maximum absolute atomic E-state index is 11.1. The van der Waals surface area contributed by atoms with E-state index in [1.54, 1.807) is 0 Å². The van der Waals surface area contributed by atoms with E-state index in [2.05, 4.69) is 5.32 Å². The Labute approximate surface area is 104 Å². The summed E-state index contributed by atoms with van der Waals surface area (Å²) >= 11 is 16.0. The van der Waals surface area contributed by atoms with Crippen molar-refractivity contribution in [1.29, 1.82) is 0 Å². The van der Waals surface area contributed by atoms with Crippen molar-refractivity contribution in [2.24, 2.45) is 0 Å². The molecule has 1 N–H and O–H groups in total. The molecule has 0 unspecified atom stereocenters. The fourth-order valence-corrected chi connectivity index (χ4v) is 1.71. The van der Waals surface area contributed by atoms with Gasteiger partial charge in [0.1, 0.15) is 0 Å². The van der Waals surface area contributed by atoms with Crippen molar-refractivity contribution in [2.75, 3.05) is 13.2 Å². The van der Waals surface area contributed by atoms with Crippen LogP contribution in [-0.2, 0) is 9.53 Å². The van der Waals surface area contributed by atoms with Crippen molar-refractivity contribution in [3.8, 4) is 0 Å². The van der Waals surface area contributed by atoms with E-state index in [1.165, 1.54) is 12.8 Å². The van der Waals surface area contributed by atoms with Gasteiger partial charge in [0.2, 0.25) is 0 Å². The summed E-state index contributed by atoms with van der Waals surface area (Å²) in [5.74, 6) is -0.802. The van der Waals surface area contributed by atoms with E-state index in [0.717, 1.165) is 19.4 Å². The number of rotatable bonds is 3. The third-order valence-corrected chi connectivity index (χ3v) is 2.81. The number of hydrogen-bond acceptors (Lipinski definition) is 3. The quantitative estimate of drug-likeness (QED) is 0.634. The maximum atomic E-state index is 11.1. The van der Waals surface area contributed by atoms with Crippen LogP contribution in [0, 0.1) is 0 Å². The third-order valence-electron chi connectivity index (χ3n) is 2.34. The molecular weight excluding hydrogens is 260 g/mol. The molecule has 0 spiro atoms. The van der Waals surface area contributed by atoms with E-state index >= 15 is 0 Å². The minimum absolute atomic E-state index is 0.296. The second-order valence-corrected chi connectivity index (χ2v) is 5.85. The van der Waals surface area contributed by atoms with E-state index in [9.17, 15) is 4.79 Å². The first-order chi connectivity index (χ1) is 7.00. The zero-order valence-electron chi connectivity index (χ0n) is 8.27. The highest BCUT2D eigenvalue weighted by molar-refractivity contribution is 6.75. The van der Waals surface area contributed by atoms with Crippen molar-refractivity contribution in [3.63, 3.8) is 0 Å². The third kappa shape index (κ3) is 5.25. The maximum Gasteiger partial charge on any atom is 0.358 e. The number of hydrogen-bond donors (Lipinski definition) is 1. The van der Waals surface area contributed by atoms with E-state index < -0.39 is 9.76 Å². The molecule has 15 heavy (non-hydrogen) atoms. The SMILES string of the molecule is O=C(OCC[C@@H]1CCCCN1)C(Cl)(Cl)Cl. The number of alkyl halides is 3. The zero-order chi connectivity index (χ0) is 11.3. The van der Waals surface area contributed by atoms with Crippen LogP contribution in [0.4, 0.5) is 0 Å². The molecule has 3 nitrogen and oxygen atoms in total. The second-order valence-electron chi connectivity index (χ2n) is 3.57. The van der Waals surface area contributed by atoms with Gasteiger partial charge in [-0.15, -0.1) is 0 Å². The summed E-state index contributed by atoms with van der Waals surface area (Å²) in [4.78, 5) is 11.1. The van der Waals surface area contributed by atoms with E-state index in [-0.39, 0.29) is 0 Å². The fourth-order valence-electron chi connectivity index (χ4n) is 1.55. The molecule has 1 saturated heterocycles. The van der Waals surface area contributed by atoms with Gasteiger partial charge in [0.25, 0.3) is 3.79 Å². The Morgan fingerprint density at radius 1 is 1.40 bits per heavy atom. The fraction of sp³-hybridized carbons (Fsp3) is 0.889. The number of nitrogens with one attached hydrogen (secondary N) is 1. The molecule has 0 aromatic heterocycles. The molecule has 0 bridgehead atoms. The zero-order valence-corrected chi connectivity index (χ0v) is 10.5. The van der Waals surface area contributed by atoms with Gasteiger partial charge in [-0.2, -0.15) is 0 Å². The van der Waals surface area contributed by atoms with Crippen molar-refractivity contribution < 1.29 is 9.53 Å². The summed E-state index contributed by atoms with van der Waals surface area (Å²) in [7, 11) is 0. The molecule has 1 heterocycles. The largest absolute Gasteiger partial charge is 0.462 e. The van der Waals surface area contributed by atoms with Crippen LogP contribution < -0.4 is 5.32 Å². The highest BCUT2D eigenvalue weighted by Gasteiger charge is 2.32. The van der Waals surface area contributed by atoms with Crippen LogP contribution in [-0.4, -0.2) is 29.0 Å². The monoisotopic (exact) mass is 273 g/mol. The van der Waals surface area contributed by atoms with Crippen LogP contribution in [0.2, 0.25) is 0 Å². The number of piperidine rings is 1. The number of halogens is 3. The number of ether oxygens (including phenoxy) is 1.